The zero-order chi connectivity index (χ0) is 17.3. The van der Waals surface area contributed by atoms with Crippen LogP contribution in [-0.4, -0.2) is 35.1 Å². The van der Waals surface area contributed by atoms with Crippen molar-refractivity contribution in [2.75, 3.05) is 6.61 Å². The Bertz CT molecular complexity index is 539. The summed E-state index contributed by atoms with van der Waals surface area (Å²) in [5, 5.41) is 1.45. The number of nitrogens with zero attached hydrogens (tertiary/aromatic N) is 1. The Labute approximate surface area is 135 Å². The van der Waals surface area contributed by atoms with Crippen molar-refractivity contribution in [2.45, 2.75) is 44.6 Å². The van der Waals surface area contributed by atoms with Crippen LogP contribution in [0.25, 0.3) is 0 Å². The molecular weight excluding hydrogens is 302 g/mol. The SMILES string of the molecule is C=CCOC(=O)C1(CC=C)CCC2(C)OOC1(C)N2NC(N)=O. The Hall–Kier alpha value is -1.90. The van der Waals surface area contributed by atoms with Gasteiger partial charge in [0.1, 0.15) is 12.0 Å². The van der Waals surface area contributed by atoms with Gasteiger partial charge in [0.25, 0.3) is 0 Å². The van der Waals surface area contributed by atoms with E-state index in [1.165, 1.54) is 11.1 Å². The van der Waals surface area contributed by atoms with Gasteiger partial charge in [-0.2, -0.15) is 5.01 Å². The molecule has 0 aromatic carbocycles. The van der Waals surface area contributed by atoms with Crippen LogP contribution in [0.3, 0.4) is 0 Å². The van der Waals surface area contributed by atoms with Gasteiger partial charge in [0.15, 0.2) is 11.4 Å². The highest BCUT2D eigenvalue weighted by Crippen LogP contribution is 2.57. The number of urea groups is 1. The maximum absolute atomic E-state index is 12.8. The van der Waals surface area contributed by atoms with Crippen LogP contribution in [0.15, 0.2) is 25.3 Å². The van der Waals surface area contributed by atoms with Crippen molar-refractivity contribution < 1.29 is 24.1 Å². The van der Waals surface area contributed by atoms with Crippen LogP contribution in [-0.2, 0) is 19.3 Å². The van der Waals surface area contributed by atoms with Gasteiger partial charge in [0, 0.05) is 0 Å². The van der Waals surface area contributed by atoms with Gasteiger partial charge in [0.2, 0.25) is 0 Å². The number of hydrogen-bond acceptors (Lipinski definition) is 6. The van der Waals surface area contributed by atoms with E-state index in [0.717, 1.165) is 0 Å². The molecule has 0 aromatic rings. The van der Waals surface area contributed by atoms with E-state index < -0.39 is 28.9 Å². The van der Waals surface area contributed by atoms with Crippen LogP contribution in [0.4, 0.5) is 4.79 Å². The number of ether oxygens (including phenoxy) is 1. The first kappa shape index (κ1) is 17.5. The van der Waals surface area contributed by atoms with Gasteiger partial charge >= 0.3 is 12.0 Å². The second kappa shape index (κ2) is 5.95. The summed E-state index contributed by atoms with van der Waals surface area (Å²) in [5.74, 6) is -0.469. The van der Waals surface area contributed by atoms with E-state index in [9.17, 15) is 9.59 Å². The Morgan fingerprint density at radius 2 is 2.00 bits per heavy atom. The molecule has 2 aliphatic heterocycles. The first-order valence-electron chi connectivity index (χ1n) is 7.38. The molecule has 2 amide bonds. The maximum Gasteiger partial charge on any atom is 0.326 e. The first-order valence-corrected chi connectivity index (χ1v) is 7.38. The van der Waals surface area contributed by atoms with E-state index in [-0.39, 0.29) is 13.0 Å². The maximum atomic E-state index is 12.8. The topological polar surface area (TPSA) is 103 Å². The number of nitrogens with two attached hydrogens (primary N) is 1. The number of carbonyl (C=O) groups is 2. The van der Waals surface area contributed by atoms with E-state index in [0.29, 0.717) is 12.8 Å². The van der Waals surface area contributed by atoms with Gasteiger partial charge < -0.3 is 10.5 Å². The average molecular weight is 325 g/mol. The van der Waals surface area contributed by atoms with Crippen LogP contribution < -0.4 is 11.2 Å². The third-order valence-electron chi connectivity index (χ3n) is 4.62. The van der Waals surface area contributed by atoms with Crippen molar-refractivity contribution in [3.05, 3.63) is 25.3 Å². The highest BCUT2D eigenvalue weighted by atomic mass is 17.2. The van der Waals surface area contributed by atoms with E-state index in [2.05, 4.69) is 18.6 Å². The summed E-state index contributed by atoms with van der Waals surface area (Å²) < 4.78 is 5.28. The van der Waals surface area contributed by atoms with Crippen molar-refractivity contribution >= 4 is 12.0 Å². The molecule has 0 spiro atoms. The standard InChI is InChI=1S/C15H23N3O5/c1-5-7-15(11(19)21-10-6-2)9-8-13(3)18(17-12(16)20)14(15,4)23-22-13/h5-6H,1-2,7-10H2,3-4H3,(H3,16,17,20). The Morgan fingerprint density at radius 1 is 1.30 bits per heavy atom. The van der Waals surface area contributed by atoms with Crippen LogP contribution in [0.2, 0.25) is 0 Å². The number of rotatable bonds is 6. The summed E-state index contributed by atoms with van der Waals surface area (Å²) >= 11 is 0. The van der Waals surface area contributed by atoms with Gasteiger partial charge in [-0.15, -0.1) is 6.58 Å². The number of hydrazine groups is 1. The fraction of sp³-hybridized carbons (Fsp3) is 0.600. The molecule has 128 valence electrons. The third kappa shape index (κ3) is 2.52. The molecule has 2 saturated heterocycles. The monoisotopic (exact) mass is 325 g/mol. The molecule has 2 fully saturated rings. The zero-order valence-corrected chi connectivity index (χ0v) is 13.5. The minimum absolute atomic E-state index is 0.0786. The summed E-state index contributed by atoms with van der Waals surface area (Å²) in [5.41, 5.74) is 4.45. The second-order valence-corrected chi connectivity index (χ2v) is 6.10. The van der Waals surface area contributed by atoms with Gasteiger partial charge in [-0.25, -0.2) is 14.6 Å². The summed E-state index contributed by atoms with van der Waals surface area (Å²) in [6.07, 6.45) is 4.27. The molecule has 0 saturated carbocycles. The number of nitrogens with one attached hydrogen (secondary N) is 1. The quantitative estimate of drug-likeness (QED) is 0.434. The van der Waals surface area contributed by atoms with Crippen LogP contribution in [0, 0.1) is 5.41 Å². The molecular formula is C15H23N3O5. The minimum atomic E-state index is -1.29. The summed E-state index contributed by atoms with van der Waals surface area (Å²) in [6, 6.07) is -0.773. The smallest absolute Gasteiger partial charge is 0.326 e. The number of piperidine rings is 1. The second-order valence-electron chi connectivity index (χ2n) is 6.10. The first-order chi connectivity index (χ1) is 10.8. The van der Waals surface area contributed by atoms with E-state index in [1.807, 2.05) is 0 Å². The van der Waals surface area contributed by atoms with Crippen LogP contribution in [0.5, 0.6) is 0 Å². The molecule has 2 rings (SSSR count). The fourth-order valence-corrected chi connectivity index (χ4v) is 3.34. The number of fused-ring (bicyclic) bond motifs is 2. The summed E-state index contributed by atoms with van der Waals surface area (Å²) in [7, 11) is 0. The molecule has 8 nitrogen and oxygen atoms in total. The Kier molecular flexibility index (Phi) is 4.52. The number of esters is 1. The number of carbonyl (C=O) groups excluding carboxylic acids is 2. The van der Waals surface area contributed by atoms with Crippen molar-refractivity contribution in [1.82, 2.24) is 10.4 Å². The molecule has 2 heterocycles. The lowest BCUT2D eigenvalue weighted by Gasteiger charge is -2.51. The van der Waals surface area contributed by atoms with Crippen molar-refractivity contribution in [3.63, 3.8) is 0 Å². The van der Waals surface area contributed by atoms with E-state index >= 15 is 0 Å². The minimum Gasteiger partial charge on any atom is -0.461 e. The molecule has 3 N–H and O–H groups in total. The third-order valence-corrected chi connectivity index (χ3v) is 4.62. The molecule has 23 heavy (non-hydrogen) atoms. The van der Waals surface area contributed by atoms with Crippen molar-refractivity contribution in [2.24, 2.45) is 11.1 Å². The van der Waals surface area contributed by atoms with Crippen molar-refractivity contribution in [1.29, 1.82) is 0 Å². The molecule has 8 heteroatoms. The van der Waals surface area contributed by atoms with Gasteiger partial charge in [-0.1, -0.05) is 18.7 Å². The Balaban J connectivity index is 2.46. The van der Waals surface area contributed by atoms with Gasteiger partial charge in [0.05, 0.1) is 0 Å². The molecule has 3 unspecified atom stereocenters. The molecule has 3 atom stereocenters. The molecule has 2 bridgehead atoms. The van der Waals surface area contributed by atoms with Crippen LogP contribution >= 0.6 is 0 Å². The lowest BCUT2D eigenvalue weighted by Crippen LogP contribution is -2.71. The molecule has 0 aromatic heterocycles. The largest absolute Gasteiger partial charge is 0.461 e. The van der Waals surface area contributed by atoms with Gasteiger partial charge in [-0.3, -0.25) is 10.2 Å². The Morgan fingerprint density at radius 3 is 2.57 bits per heavy atom. The summed E-state index contributed by atoms with van der Waals surface area (Å²) in [6.45, 7) is 10.8. The van der Waals surface area contributed by atoms with E-state index in [4.69, 9.17) is 20.2 Å². The number of hydrogen-bond donors (Lipinski definition) is 2. The summed E-state index contributed by atoms with van der Waals surface area (Å²) in [4.78, 5) is 35.1. The highest BCUT2D eigenvalue weighted by molar-refractivity contribution is 5.79. The molecule has 0 radical (unpaired) electrons. The van der Waals surface area contributed by atoms with E-state index in [1.54, 1.807) is 19.9 Å². The molecule has 0 aliphatic carbocycles. The lowest BCUT2D eigenvalue weighted by molar-refractivity contribution is -0.350. The van der Waals surface area contributed by atoms with Crippen molar-refractivity contribution in [3.8, 4) is 0 Å². The number of amides is 2. The zero-order valence-electron chi connectivity index (χ0n) is 13.5. The van der Waals surface area contributed by atoms with Gasteiger partial charge in [-0.05, 0) is 33.1 Å². The highest BCUT2D eigenvalue weighted by Gasteiger charge is 2.71. The normalized spacial score (nSPS) is 36.3. The lowest BCUT2D eigenvalue weighted by atomic mass is 9.67. The predicted octanol–water partition coefficient (Wildman–Crippen LogP) is 1.35. The molecule has 2 aliphatic rings. The predicted molar refractivity (Wildman–Crippen MR) is 81.2 cm³/mol. The average Bonchev–Trinajstić information content (AvgIpc) is 2.67. The van der Waals surface area contributed by atoms with Crippen LogP contribution in [0.1, 0.15) is 33.1 Å². The number of allylic oxidation sites excluding steroid dienone is 1. The number of primary amides is 1. The fourth-order valence-electron chi connectivity index (χ4n) is 3.34.